The molecular formula is C16H15Br2FN2O3S. The summed E-state index contributed by atoms with van der Waals surface area (Å²) in [6.45, 7) is 2.12. The van der Waals surface area contributed by atoms with Gasteiger partial charge >= 0.3 is 0 Å². The number of amides is 1. The zero-order valence-electron chi connectivity index (χ0n) is 13.2. The van der Waals surface area contributed by atoms with Gasteiger partial charge in [0, 0.05) is 27.6 Å². The number of nitrogens with two attached hydrogens (primary N) is 1. The molecule has 9 heteroatoms. The molecule has 0 fully saturated rings. The van der Waals surface area contributed by atoms with Crippen LogP contribution in [0.25, 0.3) is 0 Å². The number of rotatable bonds is 5. The highest BCUT2D eigenvalue weighted by Crippen LogP contribution is 2.24. The maximum absolute atomic E-state index is 14.0. The van der Waals surface area contributed by atoms with E-state index in [9.17, 15) is 17.6 Å². The summed E-state index contributed by atoms with van der Waals surface area (Å²) in [5.74, 6) is -0.856. The van der Waals surface area contributed by atoms with E-state index in [1.54, 1.807) is 19.1 Å². The van der Waals surface area contributed by atoms with Crippen LogP contribution in [0.15, 0.2) is 50.2 Å². The number of benzene rings is 2. The molecule has 0 bridgehead atoms. The van der Waals surface area contributed by atoms with Crippen molar-refractivity contribution >= 4 is 47.8 Å². The quantitative estimate of drug-likeness (QED) is 0.690. The smallest absolute Gasteiger partial charge is 0.255 e. The Morgan fingerprint density at radius 3 is 2.48 bits per heavy atom. The van der Waals surface area contributed by atoms with Crippen molar-refractivity contribution in [2.75, 3.05) is 6.54 Å². The average Bonchev–Trinajstić information content (AvgIpc) is 2.54. The first-order chi connectivity index (χ1) is 11.6. The molecule has 134 valence electrons. The molecule has 0 atom stereocenters. The fourth-order valence-electron chi connectivity index (χ4n) is 2.21. The van der Waals surface area contributed by atoms with Gasteiger partial charge in [0.25, 0.3) is 5.91 Å². The van der Waals surface area contributed by atoms with Crippen molar-refractivity contribution in [1.82, 2.24) is 4.90 Å². The average molecular weight is 494 g/mol. The maximum atomic E-state index is 14.0. The van der Waals surface area contributed by atoms with Gasteiger partial charge in [0.2, 0.25) is 10.0 Å². The van der Waals surface area contributed by atoms with Crippen molar-refractivity contribution in [3.05, 3.63) is 62.3 Å². The number of carbonyl (C=O) groups is 1. The van der Waals surface area contributed by atoms with Crippen LogP contribution in [0.2, 0.25) is 0 Å². The Morgan fingerprint density at radius 1 is 1.20 bits per heavy atom. The van der Waals surface area contributed by atoms with E-state index in [0.717, 1.165) is 0 Å². The van der Waals surface area contributed by atoms with Gasteiger partial charge < -0.3 is 4.90 Å². The Balaban J connectivity index is 2.38. The fourth-order valence-corrected chi connectivity index (χ4v) is 3.58. The number of hydrogen-bond donors (Lipinski definition) is 1. The van der Waals surface area contributed by atoms with E-state index in [1.165, 1.54) is 29.2 Å². The van der Waals surface area contributed by atoms with E-state index in [-0.39, 0.29) is 17.0 Å². The first-order valence-electron chi connectivity index (χ1n) is 7.19. The minimum Gasteiger partial charge on any atom is -0.334 e. The molecular weight excluding hydrogens is 479 g/mol. The Kier molecular flexibility index (Phi) is 6.36. The van der Waals surface area contributed by atoms with E-state index >= 15 is 0 Å². The summed E-state index contributed by atoms with van der Waals surface area (Å²) in [5, 5.41) is 5.12. The highest BCUT2D eigenvalue weighted by atomic mass is 79.9. The number of sulfonamides is 1. The summed E-state index contributed by atoms with van der Waals surface area (Å²) in [6.07, 6.45) is 0. The largest absolute Gasteiger partial charge is 0.334 e. The minimum absolute atomic E-state index is 0.0483. The van der Waals surface area contributed by atoms with Crippen LogP contribution in [0.3, 0.4) is 0 Å². The van der Waals surface area contributed by atoms with Crippen molar-refractivity contribution in [2.45, 2.75) is 18.4 Å². The summed E-state index contributed by atoms with van der Waals surface area (Å²) in [7, 11) is -3.94. The van der Waals surface area contributed by atoms with Crippen LogP contribution in [0.5, 0.6) is 0 Å². The number of carbonyl (C=O) groups excluding carboxylic acids is 1. The topological polar surface area (TPSA) is 80.5 Å². The van der Waals surface area contributed by atoms with Gasteiger partial charge in [-0.05, 0) is 59.3 Å². The van der Waals surface area contributed by atoms with Gasteiger partial charge in [-0.25, -0.2) is 17.9 Å². The third-order valence-electron chi connectivity index (χ3n) is 3.53. The van der Waals surface area contributed by atoms with Gasteiger partial charge in [-0.1, -0.05) is 15.9 Å². The van der Waals surface area contributed by atoms with Gasteiger partial charge in [0.1, 0.15) is 5.82 Å². The molecule has 0 aromatic heterocycles. The Bertz CT molecular complexity index is 920. The summed E-state index contributed by atoms with van der Waals surface area (Å²) in [4.78, 5) is 14.1. The Morgan fingerprint density at radius 2 is 1.88 bits per heavy atom. The van der Waals surface area contributed by atoms with E-state index in [4.69, 9.17) is 5.14 Å². The van der Waals surface area contributed by atoms with Gasteiger partial charge in [0.15, 0.2) is 0 Å². The molecule has 25 heavy (non-hydrogen) atoms. The minimum atomic E-state index is -3.94. The lowest BCUT2D eigenvalue weighted by Gasteiger charge is -2.22. The van der Waals surface area contributed by atoms with Crippen LogP contribution in [0.4, 0.5) is 4.39 Å². The third kappa shape index (κ3) is 4.87. The number of hydrogen-bond acceptors (Lipinski definition) is 3. The second kappa shape index (κ2) is 7.94. The van der Waals surface area contributed by atoms with Crippen LogP contribution >= 0.6 is 31.9 Å². The molecule has 0 spiro atoms. The molecule has 0 unspecified atom stereocenters. The molecule has 5 nitrogen and oxygen atoms in total. The van der Waals surface area contributed by atoms with Crippen molar-refractivity contribution in [1.29, 1.82) is 0 Å². The lowest BCUT2D eigenvalue weighted by atomic mass is 10.1. The number of halogens is 3. The highest BCUT2D eigenvalue weighted by Gasteiger charge is 2.21. The Hall–Kier alpha value is -1.29. The predicted octanol–water partition coefficient (Wildman–Crippen LogP) is 3.66. The molecule has 0 radical (unpaired) electrons. The van der Waals surface area contributed by atoms with Crippen molar-refractivity contribution in [3.8, 4) is 0 Å². The van der Waals surface area contributed by atoms with Crippen LogP contribution in [-0.2, 0) is 16.6 Å². The van der Waals surface area contributed by atoms with Gasteiger partial charge in [-0.3, -0.25) is 4.79 Å². The summed E-state index contributed by atoms with van der Waals surface area (Å²) >= 11 is 6.52. The summed E-state index contributed by atoms with van der Waals surface area (Å²) < 4.78 is 38.1. The zero-order chi connectivity index (χ0) is 18.8. The van der Waals surface area contributed by atoms with Crippen LogP contribution < -0.4 is 5.14 Å². The molecule has 2 aromatic carbocycles. The van der Waals surface area contributed by atoms with E-state index in [2.05, 4.69) is 31.9 Å². The predicted molar refractivity (Wildman–Crippen MR) is 100 cm³/mol. The zero-order valence-corrected chi connectivity index (χ0v) is 17.2. The van der Waals surface area contributed by atoms with Crippen LogP contribution in [-0.4, -0.2) is 25.8 Å². The SMILES string of the molecule is CCN(Cc1cc(Br)ccc1F)C(=O)c1cc(S(N)(=O)=O)ccc1Br. The second-order valence-electron chi connectivity index (χ2n) is 5.24. The summed E-state index contributed by atoms with van der Waals surface area (Å²) in [6, 6.07) is 8.45. The van der Waals surface area contributed by atoms with Crippen molar-refractivity contribution < 1.29 is 17.6 Å². The molecule has 1 amide bonds. The molecule has 0 saturated heterocycles. The van der Waals surface area contributed by atoms with Gasteiger partial charge in [-0.15, -0.1) is 0 Å². The standard InChI is InChI=1S/C16H15Br2FN2O3S/c1-2-21(9-10-7-11(17)3-6-15(10)19)16(22)13-8-12(25(20,23)24)4-5-14(13)18/h3-8H,2,9H2,1H3,(H2,20,23,24). The lowest BCUT2D eigenvalue weighted by molar-refractivity contribution is 0.0750. The van der Waals surface area contributed by atoms with Gasteiger partial charge in [0.05, 0.1) is 10.5 Å². The molecule has 0 aliphatic heterocycles. The maximum Gasteiger partial charge on any atom is 0.255 e. The molecule has 2 rings (SSSR count). The monoisotopic (exact) mass is 492 g/mol. The fraction of sp³-hybridized carbons (Fsp3) is 0.188. The van der Waals surface area contributed by atoms with Crippen LogP contribution in [0.1, 0.15) is 22.8 Å². The van der Waals surface area contributed by atoms with E-state index in [0.29, 0.717) is 21.1 Å². The summed E-state index contributed by atoms with van der Waals surface area (Å²) in [5.41, 5.74) is 0.493. The molecule has 0 heterocycles. The Labute approximate surface area is 162 Å². The molecule has 0 aliphatic carbocycles. The van der Waals surface area contributed by atoms with Crippen LogP contribution in [0, 0.1) is 5.82 Å². The van der Waals surface area contributed by atoms with Crippen molar-refractivity contribution in [2.24, 2.45) is 5.14 Å². The number of primary sulfonamides is 1. The van der Waals surface area contributed by atoms with E-state index < -0.39 is 21.7 Å². The van der Waals surface area contributed by atoms with E-state index in [1.807, 2.05) is 0 Å². The highest BCUT2D eigenvalue weighted by molar-refractivity contribution is 9.10. The first-order valence-corrected chi connectivity index (χ1v) is 10.3. The molecule has 2 aromatic rings. The molecule has 0 saturated carbocycles. The lowest BCUT2D eigenvalue weighted by Crippen LogP contribution is -2.31. The second-order valence-corrected chi connectivity index (χ2v) is 8.57. The molecule has 0 aliphatic rings. The first kappa shape index (κ1) is 20.0. The third-order valence-corrected chi connectivity index (χ3v) is 5.63. The number of nitrogens with zero attached hydrogens (tertiary/aromatic N) is 1. The van der Waals surface area contributed by atoms with Gasteiger partial charge in [-0.2, -0.15) is 0 Å². The van der Waals surface area contributed by atoms with Crippen molar-refractivity contribution in [3.63, 3.8) is 0 Å². The molecule has 2 N–H and O–H groups in total. The normalized spacial score (nSPS) is 11.4.